The van der Waals surface area contributed by atoms with E-state index in [9.17, 15) is 13.6 Å². The van der Waals surface area contributed by atoms with Crippen molar-refractivity contribution in [2.45, 2.75) is 64.0 Å². The Morgan fingerprint density at radius 2 is 2.00 bits per heavy atom. The van der Waals surface area contributed by atoms with Crippen molar-refractivity contribution in [1.82, 2.24) is 14.7 Å². The van der Waals surface area contributed by atoms with Crippen LogP contribution in [0.4, 0.5) is 8.78 Å². The van der Waals surface area contributed by atoms with Crippen LogP contribution in [0.5, 0.6) is 0 Å². The number of hydrogen-bond acceptors (Lipinski definition) is 2. The van der Waals surface area contributed by atoms with Gasteiger partial charge < -0.3 is 4.90 Å². The van der Waals surface area contributed by atoms with E-state index in [-0.39, 0.29) is 11.9 Å². The predicted molar refractivity (Wildman–Crippen MR) is 78.9 cm³/mol. The first-order valence-corrected chi connectivity index (χ1v) is 8.27. The smallest absolute Gasteiger partial charge is 0.272 e. The Morgan fingerprint density at radius 1 is 1.23 bits per heavy atom. The summed E-state index contributed by atoms with van der Waals surface area (Å²) in [5.41, 5.74) is 0.294. The number of amides is 1. The monoisotopic (exact) mass is 311 g/mol. The number of alkyl halides is 2. The van der Waals surface area contributed by atoms with Crippen molar-refractivity contribution in [3.05, 3.63) is 18.0 Å². The quantitative estimate of drug-likeness (QED) is 0.855. The summed E-state index contributed by atoms with van der Waals surface area (Å²) < 4.78 is 26.3. The van der Waals surface area contributed by atoms with Gasteiger partial charge in [-0.15, -0.1) is 0 Å². The van der Waals surface area contributed by atoms with Crippen LogP contribution in [0.1, 0.15) is 55.4 Å². The minimum absolute atomic E-state index is 0.133. The van der Waals surface area contributed by atoms with Gasteiger partial charge in [-0.25, -0.2) is 8.78 Å². The van der Waals surface area contributed by atoms with E-state index in [1.165, 1.54) is 38.3 Å². The molecule has 1 amide bonds. The Morgan fingerprint density at radius 3 is 2.73 bits per heavy atom. The van der Waals surface area contributed by atoms with E-state index in [0.29, 0.717) is 11.6 Å². The van der Waals surface area contributed by atoms with Gasteiger partial charge in [0.15, 0.2) is 0 Å². The van der Waals surface area contributed by atoms with Crippen LogP contribution in [0.15, 0.2) is 12.3 Å². The van der Waals surface area contributed by atoms with Gasteiger partial charge >= 0.3 is 0 Å². The highest BCUT2D eigenvalue weighted by Gasteiger charge is 2.36. The van der Waals surface area contributed by atoms with Gasteiger partial charge in [0, 0.05) is 18.8 Å². The molecule has 1 atom stereocenters. The number of aromatic nitrogens is 2. The number of nitrogens with zero attached hydrogens (tertiary/aromatic N) is 3. The maximum absolute atomic E-state index is 12.8. The molecule has 1 aromatic heterocycles. The van der Waals surface area contributed by atoms with Crippen molar-refractivity contribution in [2.24, 2.45) is 5.92 Å². The molecular weight excluding hydrogens is 288 g/mol. The number of halogens is 2. The highest BCUT2D eigenvalue weighted by atomic mass is 19.3. The van der Waals surface area contributed by atoms with Crippen LogP contribution in [-0.2, 0) is 6.54 Å². The van der Waals surface area contributed by atoms with Gasteiger partial charge in [-0.1, -0.05) is 19.3 Å². The zero-order valence-corrected chi connectivity index (χ0v) is 12.8. The van der Waals surface area contributed by atoms with E-state index in [1.807, 2.05) is 4.90 Å². The molecule has 1 saturated heterocycles. The summed E-state index contributed by atoms with van der Waals surface area (Å²) in [4.78, 5) is 14.7. The predicted octanol–water partition coefficient (Wildman–Crippen LogP) is 3.33. The zero-order valence-electron chi connectivity index (χ0n) is 12.8. The second-order valence-electron chi connectivity index (χ2n) is 6.40. The molecule has 0 aromatic carbocycles. The van der Waals surface area contributed by atoms with Crippen LogP contribution in [-0.4, -0.2) is 39.6 Å². The highest BCUT2D eigenvalue weighted by Crippen LogP contribution is 2.35. The number of carbonyl (C=O) groups is 1. The van der Waals surface area contributed by atoms with Crippen molar-refractivity contribution < 1.29 is 13.6 Å². The van der Waals surface area contributed by atoms with Gasteiger partial charge in [0.1, 0.15) is 12.2 Å². The zero-order chi connectivity index (χ0) is 15.5. The fraction of sp³-hybridized carbons (Fsp3) is 0.750. The first-order valence-electron chi connectivity index (χ1n) is 8.27. The summed E-state index contributed by atoms with van der Waals surface area (Å²) >= 11 is 0. The summed E-state index contributed by atoms with van der Waals surface area (Å²) in [5, 5.41) is 3.88. The third-order valence-corrected chi connectivity index (χ3v) is 5.00. The fourth-order valence-corrected chi connectivity index (χ4v) is 3.99. The molecule has 0 N–H and O–H groups in total. The second kappa shape index (κ2) is 6.75. The summed E-state index contributed by atoms with van der Waals surface area (Å²) in [6.45, 7) is 0.218. The number of carbonyl (C=O) groups excluding carboxylic acids is 1. The van der Waals surface area contributed by atoms with E-state index in [0.717, 1.165) is 24.1 Å². The van der Waals surface area contributed by atoms with Crippen LogP contribution in [0.2, 0.25) is 0 Å². The van der Waals surface area contributed by atoms with Crippen molar-refractivity contribution in [3.63, 3.8) is 0 Å². The maximum atomic E-state index is 12.8. The van der Waals surface area contributed by atoms with Gasteiger partial charge in [-0.3, -0.25) is 9.48 Å². The second-order valence-corrected chi connectivity index (χ2v) is 6.40. The number of rotatable bonds is 4. The van der Waals surface area contributed by atoms with E-state index in [1.54, 1.807) is 6.07 Å². The van der Waals surface area contributed by atoms with Gasteiger partial charge in [-0.2, -0.15) is 5.10 Å². The van der Waals surface area contributed by atoms with Crippen molar-refractivity contribution in [2.75, 3.05) is 6.54 Å². The average molecular weight is 311 g/mol. The summed E-state index contributed by atoms with van der Waals surface area (Å²) in [5.74, 6) is 0.442. The molecule has 2 aliphatic rings. The molecular formula is C16H23F2N3O. The molecule has 1 aliphatic carbocycles. The largest absolute Gasteiger partial charge is 0.334 e. The molecule has 0 unspecified atom stereocenters. The molecule has 0 spiro atoms. The standard InChI is InChI=1S/C16H23F2N3O/c17-15(18)11-21-14(8-9-19-21)16(22)20-10-4-7-13(20)12-5-2-1-3-6-12/h8-9,12-13,15H,1-7,10-11H2/t13-/m1/s1. The Hall–Kier alpha value is -1.46. The third kappa shape index (κ3) is 3.15. The minimum Gasteiger partial charge on any atom is -0.334 e. The molecule has 3 rings (SSSR count). The summed E-state index contributed by atoms with van der Waals surface area (Å²) in [6, 6.07) is 1.84. The van der Waals surface area contributed by atoms with E-state index in [4.69, 9.17) is 0 Å². The van der Waals surface area contributed by atoms with Gasteiger partial charge in [0.25, 0.3) is 12.3 Å². The topological polar surface area (TPSA) is 38.1 Å². The van der Waals surface area contributed by atoms with Crippen LogP contribution < -0.4 is 0 Å². The normalized spacial score (nSPS) is 23.4. The Bertz CT molecular complexity index is 511. The Balaban J connectivity index is 1.74. The lowest BCUT2D eigenvalue weighted by Gasteiger charge is -2.34. The summed E-state index contributed by atoms with van der Waals surface area (Å²) in [6.07, 6.45) is 7.13. The molecule has 6 heteroatoms. The van der Waals surface area contributed by atoms with Crippen LogP contribution in [0, 0.1) is 5.92 Å². The van der Waals surface area contributed by atoms with Crippen molar-refractivity contribution in [1.29, 1.82) is 0 Å². The number of hydrogen-bond donors (Lipinski definition) is 0. The number of likely N-dealkylation sites (tertiary alicyclic amines) is 1. The van der Waals surface area contributed by atoms with Crippen LogP contribution >= 0.6 is 0 Å². The molecule has 1 aliphatic heterocycles. The van der Waals surface area contributed by atoms with Crippen molar-refractivity contribution in [3.8, 4) is 0 Å². The average Bonchev–Trinajstić information content (AvgIpc) is 3.16. The first-order chi connectivity index (χ1) is 10.7. The Labute approximate surface area is 129 Å². The van der Waals surface area contributed by atoms with Crippen LogP contribution in [0.25, 0.3) is 0 Å². The Kier molecular flexibility index (Phi) is 4.74. The molecule has 1 saturated carbocycles. The van der Waals surface area contributed by atoms with Crippen molar-refractivity contribution >= 4 is 5.91 Å². The van der Waals surface area contributed by atoms with Gasteiger partial charge in [0.2, 0.25) is 0 Å². The van der Waals surface area contributed by atoms with E-state index < -0.39 is 13.0 Å². The maximum Gasteiger partial charge on any atom is 0.272 e. The molecule has 0 radical (unpaired) electrons. The lowest BCUT2D eigenvalue weighted by atomic mass is 9.83. The van der Waals surface area contributed by atoms with E-state index >= 15 is 0 Å². The lowest BCUT2D eigenvalue weighted by Crippen LogP contribution is -2.41. The molecule has 1 aromatic rings. The molecule has 122 valence electrons. The van der Waals surface area contributed by atoms with Gasteiger partial charge in [-0.05, 0) is 37.7 Å². The first kappa shape index (κ1) is 15.4. The highest BCUT2D eigenvalue weighted by molar-refractivity contribution is 5.93. The SMILES string of the molecule is O=C(c1ccnn1CC(F)F)N1CCC[C@@H]1C1CCCCC1. The molecule has 22 heavy (non-hydrogen) atoms. The van der Waals surface area contributed by atoms with Gasteiger partial charge in [0.05, 0.1) is 0 Å². The molecule has 4 nitrogen and oxygen atoms in total. The third-order valence-electron chi connectivity index (χ3n) is 5.00. The van der Waals surface area contributed by atoms with E-state index in [2.05, 4.69) is 5.10 Å². The minimum atomic E-state index is -2.50. The molecule has 2 heterocycles. The molecule has 0 bridgehead atoms. The molecule has 2 fully saturated rings. The van der Waals surface area contributed by atoms with Crippen LogP contribution in [0.3, 0.4) is 0 Å². The lowest BCUT2D eigenvalue weighted by molar-refractivity contribution is 0.0638. The fourth-order valence-electron chi connectivity index (χ4n) is 3.99. The summed E-state index contributed by atoms with van der Waals surface area (Å²) in [7, 11) is 0.